The summed E-state index contributed by atoms with van der Waals surface area (Å²) in [4.78, 5) is 37.5. The van der Waals surface area contributed by atoms with Crippen molar-refractivity contribution < 1.29 is 14.3 Å². The average molecular weight is 476 g/mol. The normalized spacial score (nSPS) is 25.7. The van der Waals surface area contributed by atoms with E-state index in [9.17, 15) is 9.59 Å². The average Bonchev–Trinajstić information content (AvgIpc) is 3.67. The van der Waals surface area contributed by atoms with Crippen LogP contribution in [0.25, 0.3) is 0 Å². The number of aromatic nitrogens is 1. The molecule has 35 heavy (non-hydrogen) atoms. The molecular formula is C27H33N5O3. The van der Waals surface area contributed by atoms with E-state index in [1.165, 1.54) is 0 Å². The van der Waals surface area contributed by atoms with Crippen molar-refractivity contribution in [2.45, 2.75) is 63.6 Å². The molecule has 2 aromatic rings. The van der Waals surface area contributed by atoms with Crippen LogP contribution in [0.2, 0.25) is 0 Å². The zero-order valence-corrected chi connectivity index (χ0v) is 20.3. The van der Waals surface area contributed by atoms with E-state index >= 15 is 0 Å². The molecule has 8 nitrogen and oxygen atoms in total. The van der Waals surface area contributed by atoms with Gasteiger partial charge in [-0.3, -0.25) is 19.5 Å². The summed E-state index contributed by atoms with van der Waals surface area (Å²) in [7, 11) is 0. The van der Waals surface area contributed by atoms with Crippen molar-refractivity contribution in [1.29, 1.82) is 0 Å². The number of para-hydroxylation sites is 1. The van der Waals surface area contributed by atoms with Crippen LogP contribution in [0.3, 0.4) is 0 Å². The molecule has 184 valence electrons. The zero-order chi connectivity index (χ0) is 24.6. The summed E-state index contributed by atoms with van der Waals surface area (Å²) in [6.07, 6.45) is 6.70. The lowest BCUT2D eigenvalue weighted by molar-refractivity contribution is -0.132. The molecule has 1 fully saturated rings. The molecule has 1 aromatic heterocycles. The van der Waals surface area contributed by atoms with Crippen LogP contribution in [0.1, 0.15) is 69.2 Å². The highest BCUT2D eigenvalue weighted by molar-refractivity contribution is 5.99. The van der Waals surface area contributed by atoms with E-state index in [1.54, 1.807) is 17.3 Å². The predicted molar refractivity (Wildman–Crippen MR) is 132 cm³/mol. The van der Waals surface area contributed by atoms with Gasteiger partial charge in [0.15, 0.2) is 5.96 Å². The summed E-state index contributed by atoms with van der Waals surface area (Å²) in [5.74, 6) is 0.759. The minimum Gasteiger partial charge on any atom is -0.493 e. The summed E-state index contributed by atoms with van der Waals surface area (Å²) >= 11 is 0. The zero-order valence-electron chi connectivity index (χ0n) is 20.3. The van der Waals surface area contributed by atoms with Gasteiger partial charge in [-0.05, 0) is 42.9 Å². The molecule has 0 saturated heterocycles. The van der Waals surface area contributed by atoms with Gasteiger partial charge in [-0.1, -0.05) is 38.1 Å². The van der Waals surface area contributed by atoms with Crippen molar-refractivity contribution in [1.82, 2.24) is 15.2 Å². The van der Waals surface area contributed by atoms with Crippen molar-refractivity contribution in [2.75, 3.05) is 6.61 Å². The smallest absolute Gasteiger partial charge is 0.232 e. The quantitative estimate of drug-likeness (QED) is 0.637. The summed E-state index contributed by atoms with van der Waals surface area (Å²) in [5, 5.41) is 3.23. The second-order valence-corrected chi connectivity index (χ2v) is 9.82. The Morgan fingerprint density at radius 3 is 2.77 bits per heavy atom. The second-order valence-electron chi connectivity index (χ2n) is 9.82. The number of carbonyl (C=O) groups is 2. The third kappa shape index (κ3) is 4.37. The van der Waals surface area contributed by atoms with Gasteiger partial charge in [0.2, 0.25) is 11.8 Å². The van der Waals surface area contributed by atoms with E-state index < -0.39 is 5.54 Å². The monoisotopic (exact) mass is 475 g/mol. The molecule has 0 spiro atoms. The number of ether oxygens (including phenoxy) is 1. The Bertz CT molecular complexity index is 1130. The standard InChI is InChI=1S/C27H33N5O3/c1-3-27(4-2)15-23(33)32(26(28)31-27)24(17-8-7-12-29-16-17)19-14-20(19)25(34)30-21-11-13-35-22-10-6-5-9-18(21)22/h5-10,12,16,19-21,24H,3-4,11,13-15H2,1-2H3,(H2,28,31)(H,30,34)/t19?,20?,21-,24?/m0/s1. The maximum absolute atomic E-state index is 13.4. The summed E-state index contributed by atoms with van der Waals surface area (Å²) in [6, 6.07) is 11.2. The molecular weight excluding hydrogens is 442 g/mol. The highest BCUT2D eigenvalue weighted by Crippen LogP contribution is 2.51. The minimum atomic E-state index is -0.450. The Morgan fingerprint density at radius 1 is 1.26 bits per heavy atom. The number of aliphatic imine (C=N–C) groups is 1. The molecule has 0 radical (unpaired) electrons. The van der Waals surface area contributed by atoms with Crippen LogP contribution in [0.5, 0.6) is 5.75 Å². The molecule has 3 unspecified atom stereocenters. The lowest BCUT2D eigenvalue weighted by Crippen LogP contribution is -2.53. The van der Waals surface area contributed by atoms with Gasteiger partial charge in [-0.2, -0.15) is 0 Å². The number of rotatable bonds is 7. The number of benzene rings is 1. The second kappa shape index (κ2) is 9.32. The summed E-state index contributed by atoms with van der Waals surface area (Å²) < 4.78 is 5.74. The number of guanidine groups is 1. The minimum absolute atomic E-state index is 0.00188. The van der Waals surface area contributed by atoms with Gasteiger partial charge in [-0.25, -0.2) is 4.99 Å². The lowest BCUT2D eigenvalue weighted by Gasteiger charge is -2.40. The molecule has 5 rings (SSSR count). The van der Waals surface area contributed by atoms with Crippen LogP contribution in [0.4, 0.5) is 0 Å². The number of hydrogen-bond acceptors (Lipinski definition) is 6. The Labute approximate surface area is 206 Å². The molecule has 2 aliphatic heterocycles. The van der Waals surface area contributed by atoms with Gasteiger partial charge in [-0.15, -0.1) is 0 Å². The Balaban J connectivity index is 1.39. The SMILES string of the molecule is CCC1(CC)CC(=O)N(C(c2cccnc2)C2CC2C(=O)N[C@H]2CCOc3ccccc32)C(N)=N1. The van der Waals surface area contributed by atoms with E-state index in [4.69, 9.17) is 15.5 Å². The topological polar surface area (TPSA) is 110 Å². The predicted octanol–water partition coefficient (Wildman–Crippen LogP) is 3.50. The van der Waals surface area contributed by atoms with Gasteiger partial charge in [0, 0.05) is 30.3 Å². The molecule has 4 atom stereocenters. The number of nitrogens with two attached hydrogens (primary N) is 1. The first kappa shape index (κ1) is 23.3. The third-order valence-corrected chi connectivity index (χ3v) is 7.82. The number of fused-ring (bicyclic) bond motifs is 1. The molecule has 0 bridgehead atoms. The number of hydrogen-bond donors (Lipinski definition) is 2. The molecule has 1 saturated carbocycles. The maximum Gasteiger partial charge on any atom is 0.232 e. The van der Waals surface area contributed by atoms with Crippen molar-refractivity contribution in [3.63, 3.8) is 0 Å². The molecule has 3 N–H and O–H groups in total. The Hall–Kier alpha value is -3.42. The van der Waals surface area contributed by atoms with Crippen LogP contribution >= 0.6 is 0 Å². The lowest BCUT2D eigenvalue weighted by atomic mass is 9.87. The van der Waals surface area contributed by atoms with Crippen LogP contribution in [0.15, 0.2) is 53.8 Å². The molecule has 1 aromatic carbocycles. The molecule has 3 heterocycles. The van der Waals surface area contributed by atoms with E-state index in [2.05, 4.69) is 10.3 Å². The fourth-order valence-corrected chi connectivity index (χ4v) is 5.56. The number of carbonyl (C=O) groups excluding carboxylic acids is 2. The molecule has 3 aliphatic rings. The summed E-state index contributed by atoms with van der Waals surface area (Å²) in [5.41, 5.74) is 7.87. The van der Waals surface area contributed by atoms with Gasteiger partial charge in [0.1, 0.15) is 5.75 Å². The van der Waals surface area contributed by atoms with Crippen LogP contribution < -0.4 is 15.8 Å². The van der Waals surface area contributed by atoms with Crippen LogP contribution in [-0.4, -0.2) is 39.8 Å². The first-order valence-corrected chi connectivity index (χ1v) is 12.6. The summed E-state index contributed by atoms with van der Waals surface area (Å²) in [6.45, 7) is 4.65. The van der Waals surface area contributed by atoms with Crippen molar-refractivity contribution in [3.05, 3.63) is 59.9 Å². The van der Waals surface area contributed by atoms with E-state index in [0.717, 1.165) is 36.1 Å². The first-order valence-electron chi connectivity index (χ1n) is 12.6. The van der Waals surface area contributed by atoms with Gasteiger partial charge in [0.05, 0.1) is 30.7 Å². The van der Waals surface area contributed by atoms with Crippen LogP contribution in [0, 0.1) is 11.8 Å². The number of pyridine rings is 1. The van der Waals surface area contributed by atoms with Crippen molar-refractivity contribution in [3.8, 4) is 5.75 Å². The van der Waals surface area contributed by atoms with E-state index in [-0.39, 0.29) is 41.7 Å². The molecule has 2 amide bonds. The fraction of sp³-hybridized carbons (Fsp3) is 0.481. The van der Waals surface area contributed by atoms with Gasteiger partial charge < -0.3 is 15.8 Å². The highest BCUT2D eigenvalue weighted by Gasteiger charge is 2.53. The van der Waals surface area contributed by atoms with Crippen molar-refractivity contribution >= 4 is 17.8 Å². The van der Waals surface area contributed by atoms with Gasteiger partial charge >= 0.3 is 0 Å². The first-order chi connectivity index (χ1) is 17.0. The van der Waals surface area contributed by atoms with E-state index in [1.807, 2.05) is 50.2 Å². The number of amides is 2. The number of nitrogens with zero attached hydrogens (tertiary/aromatic N) is 3. The fourth-order valence-electron chi connectivity index (χ4n) is 5.56. The maximum atomic E-state index is 13.4. The van der Waals surface area contributed by atoms with Crippen molar-refractivity contribution in [2.24, 2.45) is 22.6 Å². The molecule has 8 heteroatoms. The Morgan fingerprint density at radius 2 is 2.06 bits per heavy atom. The Kier molecular flexibility index (Phi) is 6.21. The van der Waals surface area contributed by atoms with Gasteiger partial charge in [0.25, 0.3) is 0 Å². The third-order valence-electron chi connectivity index (χ3n) is 7.82. The van der Waals surface area contributed by atoms with E-state index in [0.29, 0.717) is 19.4 Å². The van der Waals surface area contributed by atoms with Crippen LogP contribution in [-0.2, 0) is 9.59 Å². The largest absolute Gasteiger partial charge is 0.493 e. The molecule has 1 aliphatic carbocycles. The number of nitrogens with one attached hydrogen (secondary N) is 1. The highest BCUT2D eigenvalue weighted by atomic mass is 16.5.